The molecule has 0 aliphatic carbocycles. The number of hydrogen-bond acceptors (Lipinski definition) is 4. The summed E-state index contributed by atoms with van der Waals surface area (Å²) in [7, 11) is 0. The van der Waals surface area contributed by atoms with Gasteiger partial charge in [-0.15, -0.1) is 11.3 Å². The first-order valence-electron chi connectivity index (χ1n) is 8.12. The number of rotatable bonds is 2. The Kier molecular flexibility index (Phi) is 4.01. The normalized spacial score (nSPS) is 12.4. The van der Waals surface area contributed by atoms with E-state index in [9.17, 15) is 4.79 Å². The first kappa shape index (κ1) is 16.2. The zero-order chi connectivity index (χ0) is 17.6. The molecule has 2 aromatic heterocycles. The molecule has 0 fully saturated rings. The summed E-state index contributed by atoms with van der Waals surface area (Å²) in [4.78, 5) is 22.2. The number of benzene rings is 2. The Labute approximate surface area is 153 Å². The average Bonchev–Trinajstić information content (AvgIpc) is 3.16. The van der Waals surface area contributed by atoms with E-state index in [1.54, 1.807) is 11.3 Å². The predicted octanol–water partition coefficient (Wildman–Crippen LogP) is 4.69. The Morgan fingerprint density at radius 3 is 2.64 bits per heavy atom. The summed E-state index contributed by atoms with van der Waals surface area (Å²) >= 11 is 2.94. The maximum atomic E-state index is 12.6. The highest BCUT2D eigenvalue weighted by Gasteiger charge is 2.13. The largest absolute Gasteiger partial charge is 0.317 e. The summed E-state index contributed by atoms with van der Waals surface area (Å²) in [5, 5.41) is 0.439. The fourth-order valence-corrected chi connectivity index (χ4v) is 4.83. The average molecular weight is 367 g/mol. The molecule has 2 aromatic carbocycles. The number of fused-ring (bicyclic) bond motifs is 2. The fraction of sp³-hybridized carbons (Fsp3) is 0.211. The summed E-state index contributed by atoms with van der Waals surface area (Å²) in [6, 6.07) is 12.1. The van der Waals surface area contributed by atoms with Crippen LogP contribution in [-0.2, 0) is 6.54 Å². The highest BCUT2D eigenvalue weighted by atomic mass is 32.1. The lowest BCUT2D eigenvalue weighted by atomic mass is 10.1. The molecule has 0 N–H and O–H groups in total. The van der Waals surface area contributed by atoms with E-state index in [1.807, 2.05) is 24.3 Å². The van der Waals surface area contributed by atoms with Gasteiger partial charge in [0.1, 0.15) is 0 Å². The molecule has 0 aliphatic heterocycles. The second kappa shape index (κ2) is 6.20. The predicted molar refractivity (Wildman–Crippen MR) is 104 cm³/mol. The van der Waals surface area contributed by atoms with Gasteiger partial charge in [-0.25, -0.2) is 4.98 Å². The van der Waals surface area contributed by atoms with Gasteiger partial charge in [-0.05, 0) is 56.2 Å². The minimum absolute atomic E-state index is 0.275. The lowest BCUT2D eigenvalue weighted by molar-refractivity contribution is 0.0997. The van der Waals surface area contributed by atoms with Crippen molar-refractivity contribution in [3.63, 3.8) is 0 Å². The van der Waals surface area contributed by atoms with Crippen molar-refractivity contribution in [2.75, 3.05) is 0 Å². The number of aromatic nitrogens is 2. The van der Waals surface area contributed by atoms with Crippen LogP contribution in [0.25, 0.3) is 20.4 Å². The third kappa shape index (κ3) is 2.81. The van der Waals surface area contributed by atoms with E-state index < -0.39 is 0 Å². The van der Waals surface area contributed by atoms with Crippen LogP contribution in [0.15, 0.2) is 41.4 Å². The summed E-state index contributed by atoms with van der Waals surface area (Å²) in [6.07, 6.45) is 0. The van der Waals surface area contributed by atoms with Gasteiger partial charge in [0.15, 0.2) is 9.81 Å². The van der Waals surface area contributed by atoms with Gasteiger partial charge in [0, 0.05) is 6.54 Å². The molecule has 0 saturated carbocycles. The Bertz CT molecular complexity index is 1150. The highest BCUT2D eigenvalue weighted by molar-refractivity contribution is 7.20. The summed E-state index contributed by atoms with van der Waals surface area (Å²) in [5.74, 6) is -0.275. The molecule has 2 heterocycles. The number of amides is 1. The Morgan fingerprint density at radius 2 is 1.88 bits per heavy atom. The van der Waals surface area contributed by atoms with Crippen LogP contribution < -0.4 is 4.80 Å². The quantitative estimate of drug-likeness (QED) is 0.516. The van der Waals surface area contributed by atoms with Crippen molar-refractivity contribution < 1.29 is 4.79 Å². The van der Waals surface area contributed by atoms with Crippen molar-refractivity contribution in [3.05, 3.63) is 57.3 Å². The monoisotopic (exact) mass is 367 g/mol. The van der Waals surface area contributed by atoms with Crippen molar-refractivity contribution in [1.29, 1.82) is 0 Å². The number of aryl methyl sites for hydroxylation is 3. The van der Waals surface area contributed by atoms with Crippen molar-refractivity contribution in [2.24, 2.45) is 4.99 Å². The minimum atomic E-state index is -0.275. The number of hydrogen-bond donors (Lipinski definition) is 0. The molecule has 126 valence electrons. The maximum absolute atomic E-state index is 12.6. The molecule has 4 aromatic rings. The number of carbonyl (C=O) groups is 1. The Morgan fingerprint density at radius 1 is 1.12 bits per heavy atom. The van der Waals surface area contributed by atoms with E-state index >= 15 is 0 Å². The molecule has 0 radical (unpaired) electrons. The van der Waals surface area contributed by atoms with Gasteiger partial charge in [0.25, 0.3) is 0 Å². The highest BCUT2D eigenvalue weighted by Crippen LogP contribution is 2.24. The van der Waals surface area contributed by atoms with Crippen molar-refractivity contribution >= 4 is 49.0 Å². The first-order valence-corrected chi connectivity index (χ1v) is 9.75. The smallest absolute Gasteiger partial charge is 0.308 e. The van der Waals surface area contributed by atoms with Crippen LogP contribution in [0.1, 0.15) is 27.9 Å². The molecule has 1 amide bonds. The molecular weight excluding hydrogens is 350 g/mol. The Balaban J connectivity index is 1.86. The maximum Gasteiger partial charge on any atom is 0.308 e. The van der Waals surface area contributed by atoms with E-state index in [1.165, 1.54) is 22.5 Å². The van der Waals surface area contributed by atoms with Crippen LogP contribution in [-0.4, -0.2) is 15.5 Å². The summed E-state index contributed by atoms with van der Waals surface area (Å²) < 4.78 is 4.25. The topological polar surface area (TPSA) is 47.2 Å². The zero-order valence-corrected chi connectivity index (χ0v) is 15.9. The van der Waals surface area contributed by atoms with Crippen LogP contribution in [0.4, 0.5) is 0 Å². The van der Waals surface area contributed by atoms with Crippen LogP contribution in [0.2, 0.25) is 0 Å². The van der Waals surface area contributed by atoms with Crippen molar-refractivity contribution in [3.8, 4) is 0 Å². The number of thiazole rings is 2. The molecule has 0 atom stereocenters. The molecular formula is C19H17N3OS2. The van der Waals surface area contributed by atoms with Gasteiger partial charge < -0.3 is 4.57 Å². The first-order chi connectivity index (χ1) is 12.1. The molecule has 6 heteroatoms. The van der Waals surface area contributed by atoms with Crippen LogP contribution in [0, 0.1) is 13.8 Å². The van der Waals surface area contributed by atoms with Crippen molar-refractivity contribution in [1.82, 2.24) is 9.55 Å². The second-order valence-electron chi connectivity index (χ2n) is 5.94. The van der Waals surface area contributed by atoms with Crippen LogP contribution >= 0.6 is 22.7 Å². The zero-order valence-electron chi connectivity index (χ0n) is 14.2. The van der Waals surface area contributed by atoms with E-state index in [2.05, 4.69) is 47.4 Å². The second-order valence-corrected chi connectivity index (χ2v) is 7.98. The molecule has 0 spiro atoms. The van der Waals surface area contributed by atoms with Crippen LogP contribution in [0.5, 0.6) is 0 Å². The fourth-order valence-electron chi connectivity index (χ4n) is 2.81. The lowest BCUT2D eigenvalue weighted by Gasteiger charge is -2.03. The number of para-hydroxylation sites is 1. The number of nitrogens with zero attached hydrogens (tertiary/aromatic N) is 3. The third-order valence-electron chi connectivity index (χ3n) is 4.29. The summed E-state index contributed by atoms with van der Waals surface area (Å²) in [5.41, 5.74) is 4.47. The molecule has 0 saturated heterocycles. The lowest BCUT2D eigenvalue weighted by Crippen LogP contribution is -2.15. The van der Waals surface area contributed by atoms with E-state index in [4.69, 9.17) is 0 Å². The van der Waals surface area contributed by atoms with Crippen molar-refractivity contribution in [2.45, 2.75) is 27.3 Å². The van der Waals surface area contributed by atoms with Gasteiger partial charge in [-0.3, -0.25) is 4.79 Å². The van der Waals surface area contributed by atoms with Gasteiger partial charge in [0.2, 0.25) is 0 Å². The Hall–Kier alpha value is -2.31. The molecule has 0 unspecified atom stereocenters. The van der Waals surface area contributed by atoms with Crippen LogP contribution in [0.3, 0.4) is 0 Å². The standard InChI is InChI=1S/C19H17N3OS2/c1-4-22-14-9-11(2)12(3)10-16(14)25-19(22)21-17(23)18-20-13-7-5-6-8-15(13)24-18/h5-10H,4H2,1-3H3. The molecule has 0 aliphatic rings. The SMILES string of the molecule is CCn1c(=NC(=O)c2nc3ccccc3s2)sc2cc(C)c(C)cc21. The summed E-state index contributed by atoms with van der Waals surface area (Å²) in [6.45, 7) is 7.06. The minimum Gasteiger partial charge on any atom is -0.317 e. The van der Waals surface area contributed by atoms with E-state index in [0.29, 0.717) is 5.01 Å². The van der Waals surface area contributed by atoms with E-state index in [0.717, 1.165) is 31.8 Å². The molecule has 4 rings (SSSR count). The number of carbonyl (C=O) groups excluding carboxylic acids is 1. The molecule has 4 nitrogen and oxygen atoms in total. The third-order valence-corrected chi connectivity index (χ3v) is 6.35. The van der Waals surface area contributed by atoms with Gasteiger partial charge >= 0.3 is 5.91 Å². The van der Waals surface area contributed by atoms with Gasteiger partial charge in [0.05, 0.1) is 20.4 Å². The molecule has 25 heavy (non-hydrogen) atoms. The molecule has 0 bridgehead atoms. The van der Waals surface area contributed by atoms with Gasteiger partial charge in [-0.1, -0.05) is 23.5 Å². The van der Waals surface area contributed by atoms with E-state index in [-0.39, 0.29) is 5.91 Å². The van der Waals surface area contributed by atoms with Gasteiger partial charge in [-0.2, -0.15) is 4.99 Å².